The lowest BCUT2D eigenvalue weighted by Crippen LogP contribution is -2.52. The highest BCUT2D eigenvalue weighted by Crippen LogP contribution is 2.43. The topological polar surface area (TPSA) is 50.8 Å². The normalized spacial score (nSPS) is 23.3. The van der Waals surface area contributed by atoms with Gasteiger partial charge in [0.2, 0.25) is 5.91 Å². The zero-order chi connectivity index (χ0) is 26.8. The molecule has 0 aliphatic carbocycles. The van der Waals surface area contributed by atoms with Crippen molar-refractivity contribution in [1.29, 1.82) is 0 Å². The predicted molar refractivity (Wildman–Crippen MR) is 150 cm³/mol. The molecule has 2 aliphatic rings. The molecule has 2 fully saturated rings. The molecule has 0 radical (unpaired) electrons. The second-order valence-corrected chi connectivity index (χ2v) is 13.5. The molecule has 1 aromatic carbocycles. The minimum absolute atomic E-state index is 0.160. The minimum Gasteiger partial charge on any atom is -0.403 e. The van der Waals surface area contributed by atoms with E-state index >= 15 is 0 Å². The maximum atomic E-state index is 13.7. The second-order valence-electron chi connectivity index (χ2n) is 13.5. The van der Waals surface area contributed by atoms with Crippen LogP contribution in [0.25, 0.3) is 0 Å². The van der Waals surface area contributed by atoms with Gasteiger partial charge in [0.25, 0.3) is 0 Å². The van der Waals surface area contributed by atoms with E-state index in [4.69, 9.17) is 9.31 Å². The van der Waals surface area contributed by atoms with Gasteiger partial charge in [0, 0.05) is 17.0 Å². The molecule has 2 saturated heterocycles. The number of amides is 1. The van der Waals surface area contributed by atoms with Crippen molar-refractivity contribution < 1.29 is 14.1 Å². The van der Waals surface area contributed by atoms with Crippen LogP contribution in [0.1, 0.15) is 106 Å². The smallest absolute Gasteiger partial charge is 0.403 e. The van der Waals surface area contributed by atoms with Crippen molar-refractivity contribution in [3.05, 3.63) is 35.9 Å². The standard InChI is InChI=1S/C30H51BN2O3/c1-23(24-15-11-10-12-16-24)33-21-17-25(18-22-33)30(9,26(34)32-27(2,3)4)19-13-14-20-31-35-28(5,6)29(7,8)36-31/h10-12,15-16,23,25H,13-14,17-22H2,1-9H3,(H,32,34). The van der Waals surface area contributed by atoms with E-state index in [0.717, 1.165) is 51.5 Å². The summed E-state index contributed by atoms with van der Waals surface area (Å²) >= 11 is 0. The molecule has 3 rings (SSSR count). The third-order valence-electron chi connectivity index (χ3n) is 8.96. The van der Waals surface area contributed by atoms with Crippen LogP contribution in [0.5, 0.6) is 0 Å². The summed E-state index contributed by atoms with van der Waals surface area (Å²) < 4.78 is 12.4. The maximum Gasteiger partial charge on any atom is 0.457 e. The van der Waals surface area contributed by atoms with Crippen molar-refractivity contribution in [2.45, 2.75) is 124 Å². The number of hydrogen-bond donors (Lipinski definition) is 1. The first-order valence-corrected chi connectivity index (χ1v) is 14.1. The molecule has 0 spiro atoms. The highest BCUT2D eigenvalue weighted by molar-refractivity contribution is 6.45. The summed E-state index contributed by atoms with van der Waals surface area (Å²) in [7, 11) is -0.160. The van der Waals surface area contributed by atoms with Crippen molar-refractivity contribution >= 4 is 13.0 Å². The molecule has 202 valence electrons. The van der Waals surface area contributed by atoms with E-state index in [9.17, 15) is 4.79 Å². The highest BCUT2D eigenvalue weighted by Gasteiger charge is 2.50. The molecule has 0 bridgehead atoms. The lowest BCUT2D eigenvalue weighted by atomic mass is 9.67. The molecule has 5 nitrogen and oxygen atoms in total. The van der Waals surface area contributed by atoms with Crippen molar-refractivity contribution in [3.63, 3.8) is 0 Å². The van der Waals surface area contributed by atoms with Crippen molar-refractivity contribution in [3.8, 4) is 0 Å². The van der Waals surface area contributed by atoms with E-state index in [1.54, 1.807) is 0 Å². The monoisotopic (exact) mass is 498 g/mol. The van der Waals surface area contributed by atoms with Gasteiger partial charge in [-0.3, -0.25) is 9.69 Å². The Kier molecular flexibility index (Phi) is 9.06. The Labute approximate surface area is 221 Å². The first-order chi connectivity index (χ1) is 16.6. The van der Waals surface area contributed by atoms with Gasteiger partial charge in [-0.05, 0) is 106 Å². The van der Waals surface area contributed by atoms with Crippen LogP contribution in [0, 0.1) is 11.3 Å². The van der Waals surface area contributed by atoms with E-state index in [-0.39, 0.29) is 35.2 Å². The van der Waals surface area contributed by atoms with Crippen molar-refractivity contribution in [1.82, 2.24) is 10.2 Å². The van der Waals surface area contributed by atoms with E-state index in [0.29, 0.717) is 12.0 Å². The van der Waals surface area contributed by atoms with Crippen LogP contribution in [-0.4, -0.2) is 47.8 Å². The number of nitrogens with zero attached hydrogens (tertiary/aromatic N) is 1. The summed E-state index contributed by atoms with van der Waals surface area (Å²) in [5, 5.41) is 3.32. The Morgan fingerprint density at radius 3 is 2.11 bits per heavy atom. The van der Waals surface area contributed by atoms with Gasteiger partial charge >= 0.3 is 7.12 Å². The number of likely N-dealkylation sites (tertiary alicyclic amines) is 1. The van der Waals surface area contributed by atoms with Crippen LogP contribution in [0.2, 0.25) is 6.32 Å². The molecule has 2 atom stereocenters. The van der Waals surface area contributed by atoms with E-state index < -0.39 is 0 Å². The van der Waals surface area contributed by atoms with Crippen LogP contribution >= 0.6 is 0 Å². The summed E-state index contributed by atoms with van der Waals surface area (Å²) in [5.41, 5.74) is 0.189. The molecule has 0 saturated carbocycles. The molecule has 1 amide bonds. The fourth-order valence-corrected chi connectivity index (χ4v) is 5.74. The molecular weight excluding hydrogens is 447 g/mol. The third kappa shape index (κ3) is 6.93. The number of piperidine rings is 1. The van der Waals surface area contributed by atoms with Gasteiger partial charge in [-0.1, -0.05) is 50.1 Å². The van der Waals surface area contributed by atoms with Gasteiger partial charge < -0.3 is 14.6 Å². The number of benzene rings is 1. The average molecular weight is 499 g/mol. The molecule has 2 aliphatic heterocycles. The Morgan fingerprint density at radius 2 is 1.58 bits per heavy atom. The van der Waals surface area contributed by atoms with Crippen LogP contribution in [0.15, 0.2) is 30.3 Å². The molecule has 6 heteroatoms. The highest BCUT2D eigenvalue weighted by atomic mass is 16.7. The minimum atomic E-state index is -0.370. The Hall–Kier alpha value is -1.37. The Balaban J connectivity index is 1.60. The van der Waals surface area contributed by atoms with E-state index in [1.807, 2.05) is 0 Å². The predicted octanol–water partition coefficient (Wildman–Crippen LogP) is 6.64. The largest absolute Gasteiger partial charge is 0.457 e. The van der Waals surface area contributed by atoms with Gasteiger partial charge in [-0.25, -0.2) is 0 Å². The lowest BCUT2D eigenvalue weighted by Gasteiger charge is -2.44. The van der Waals surface area contributed by atoms with Gasteiger partial charge in [0.15, 0.2) is 0 Å². The second kappa shape index (κ2) is 11.2. The molecular formula is C30H51BN2O3. The third-order valence-corrected chi connectivity index (χ3v) is 8.96. The summed E-state index contributed by atoms with van der Waals surface area (Å²) in [4.78, 5) is 16.2. The number of rotatable bonds is 9. The molecule has 2 heterocycles. The number of unbranched alkanes of at least 4 members (excludes halogenated alkanes) is 1. The van der Waals surface area contributed by atoms with Crippen molar-refractivity contribution in [2.75, 3.05) is 13.1 Å². The zero-order valence-electron chi connectivity index (χ0n) is 24.4. The summed E-state index contributed by atoms with van der Waals surface area (Å²) in [6.45, 7) is 21.2. The molecule has 1 N–H and O–H groups in total. The maximum absolute atomic E-state index is 13.7. The first-order valence-electron chi connectivity index (χ1n) is 14.1. The number of carbonyl (C=O) groups is 1. The van der Waals surface area contributed by atoms with Crippen LogP contribution in [0.4, 0.5) is 0 Å². The van der Waals surface area contributed by atoms with Gasteiger partial charge in [-0.2, -0.15) is 0 Å². The average Bonchev–Trinajstić information content (AvgIpc) is 3.01. The van der Waals surface area contributed by atoms with Crippen LogP contribution in [-0.2, 0) is 14.1 Å². The summed E-state index contributed by atoms with van der Waals surface area (Å²) in [5.74, 6) is 0.594. The first kappa shape index (κ1) is 29.2. The zero-order valence-corrected chi connectivity index (χ0v) is 24.4. The van der Waals surface area contributed by atoms with Gasteiger partial charge in [-0.15, -0.1) is 0 Å². The molecule has 1 aromatic rings. The quantitative estimate of drug-likeness (QED) is 0.306. The molecule has 0 aromatic heterocycles. The number of hydrogen-bond acceptors (Lipinski definition) is 4. The summed E-state index contributed by atoms with van der Waals surface area (Å²) in [6, 6.07) is 11.2. The van der Waals surface area contributed by atoms with Crippen LogP contribution in [0.3, 0.4) is 0 Å². The SMILES string of the molecule is CC(c1ccccc1)N1CCC(C(C)(CCCCB2OC(C)(C)C(C)(C)O2)C(=O)NC(C)(C)C)CC1. The fourth-order valence-electron chi connectivity index (χ4n) is 5.74. The van der Waals surface area contributed by atoms with E-state index in [2.05, 4.69) is 103 Å². The van der Waals surface area contributed by atoms with Crippen molar-refractivity contribution in [2.24, 2.45) is 11.3 Å². The van der Waals surface area contributed by atoms with Gasteiger partial charge in [0.1, 0.15) is 0 Å². The van der Waals surface area contributed by atoms with Gasteiger partial charge in [0.05, 0.1) is 11.2 Å². The Bertz CT molecular complexity index is 843. The molecule has 36 heavy (non-hydrogen) atoms. The Morgan fingerprint density at radius 1 is 1.03 bits per heavy atom. The number of carbonyl (C=O) groups excluding carboxylic acids is 1. The summed E-state index contributed by atoms with van der Waals surface area (Å²) in [6.07, 6.45) is 5.88. The lowest BCUT2D eigenvalue weighted by molar-refractivity contribution is -0.136. The number of nitrogens with one attached hydrogen (secondary N) is 1. The fraction of sp³-hybridized carbons (Fsp3) is 0.767. The van der Waals surface area contributed by atoms with Crippen LogP contribution < -0.4 is 5.32 Å². The molecule has 2 unspecified atom stereocenters. The van der Waals surface area contributed by atoms with E-state index in [1.165, 1.54) is 5.56 Å².